The van der Waals surface area contributed by atoms with Crippen LogP contribution in [-0.2, 0) is 7.05 Å². The standard InChI is InChI=1S/C15H20FN3/c1-19-14-8-7-10(16)9-13(14)18-15(19)11-5-3-2-4-6-12(11)17/h7-9,11-12H,2-6,17H2,1H3. The van der Waals surface area contributed by atoms with Gasteiger partial charge in [-0.1, -0.05) is 19.3 Å². The van der Waals surface area contributed by atoms with Crippen LogP contribution in [-0.4, -0.2) is 15.6 Å². The highest BCUT2D eigenvalue weighted by atomic mass is 19.1. The summed E-state index contributed by atoms with van der Waals surface area (Å²) in [5, 5.41) is 0. The number of nitrogens with two attached hydrogens (primary N) is 1. The average Bonchev–Trinajstić information content (AvgIpc) is 2.57. The van der Waals surface area contributed by atoms with Gasteiger partial charge < -0.3 is 10.3 Å². The number of hydrogen-bond acceptors (Lipinski definition) is 2. The summed E-state index contributed by atoms with van der Waals surface area (Å²) in [5.74, 6) is 1.07. The van der Waals surface area contributed by atoms with Crippen LogP contribution in [0.25, 0.3) is 11.0 Å². The third kappa shape index (κ3) is 2.25. The molecule has 0 aliphatic heterocycles. The minimum absolute atomic E-state index is 0.169. The van der Waals surface area contributed by atoms with Crippen LogP contribution in [0.3, 0.4) is 0 Å². The van der Waals surface area contributed by atoms with Gasteiger partial charge in [0.05, 0.1) is 11.0 Å². The van der Waals surface area contributed by atoms with Crippen molar-refractivity contribution < 1.29 is 4.39 Å². The Hall–Kier alpha value is -1.42. The molecule has 3 nitrogen and oxygen atoms in total. The summed E-state index contributed by atoms with van der Waals surface area (Å²) in [6.45, 7) is 0. The second-order valence-corrected chi connectivity index (χ2v) is 5.57. The summed E-state index contributed by atoms with van der Waals surface area (Å²) in [4.78, 5) is 4.63. The Morgan fingerprint density at radius 2 is 2.05 bits per heavy atom. The highest BCUT2D eigenvalue weighted by Crippen LogP contribution is 2.32. The molecule has 19 heavy (non-hydrogen) atoms. The zero-order valence-electron chi connectivity index (χ0n) is 11.3. The summed E-state index contributed by atoms with van der Waals surface area (Å²) in [6, 6.07) is 4.95. The molecule has 4 heteroatoms. The van der Waals surface area contributed by atoms with E-state index in [1.165, 1.54) is 31.4 Å². The minimum Gasteiger partial charge on any atom is -0.331 e. The zero-order chi connectivity index (χ0) is 13.4. The Balaban J connectivity index is 2.06. The van der Waals surface area contributed by atoms with Crippen molar-refractivity contribution in [3.63, 3.8) is 0 Å². The fourth-order valence-electron chi connectivity index (χ4n) is 3.18. The van der Waals surface area contributed by atoms with Gasteiger partial charge in [0.25, 0.3) is 0 Å². The van der Waals surface area contributed by atoms with Crippen LogP contribution in [0, 0.1) is 5.82 Å². The number of aryl methyl sites for hydroxylation is 1. The first-order valence-corrected chi connectivity index (χ1v) is 7.04. The molecule has 2 unspecified atom stereocenters. The first kappa shape index (κ1) is 12.6. The van der Waals surface area contributed by atoms with E-state index in [2.05, 4.69) is 9.55 Å². The van der Waals surface area contributed by atoms with Crippen molar-refractivity contribution in [3.05, 3.63) is 29.8 Å². The Morgan fingerprint density at radius 1 is 1.26 bits per heavy atom. The maximum absolute atomic E-state index is 13.3. The maximum atomic E-state index is 13.3. The lowest BCUT2D eigenvalue weighted by Crippen LogP contribution is -2.29. The lowest BCUT2D eigenvalue weighted by molar-refractivity contribution is 0.474. The quantitative estimate of drug-likeness (QED) is 0.802. The van der Waals surface area contributed by atoms with Crippen LogP contribution in [0.5, 0.6) is 0 Å². The van der Waals surface area contributed by atoms with E-state index >= 15 is 0 Å². The molecular formula is C15H20FN3. The van der Waals surface area contributed by atoms with E-state index in [0.717, 1.165) is 29.7 Å². The van der Waals surface area contributed by atoms with Gasteiger partial charge >= 0.3 is 0 Å². The molecule has 0 amide bonds. The lowest BCUT2D eigenvalue weighted by atomic mass is 9.94. The minimum atomic E-state index is -0.234. The molecule has 2 aromatic rings. The van der Waals surface area contributed by atoms with E-state index in [0.29, 0.717) is 5.92 Å². The normalized spacial score (nSPS) is 24.6. The topological polar surface area (TPSA) is 43.8 Å². The zero-order valence-corrected chi connectivity index (χ0v) is 11.3. The summed E-state index contributed by atoms with van der Waals surface area (Å²) >= 11 is 0. The van der Waals surface area contributed by atoms with Crippen LogP contribution >= 0.6 is 0 Å². The third-order valence-corrected chi connectivity index (χ3v) is 4.28. The van der Waals surface area contributed by atoms with Gasteiger partial charge in [-0.3, -0.25) is 0 Å². The van der Waals surface area contributed by atoms with Gasteiger partial charge in [-0.15, -0.1) is 0 Å². The van der Waals surface area contributed by atoms with E-state index in [9.17, 15) is 4.39 Å². The van der Waals surface area contributed by atoms with E-state index in [4.69, 9.17) is 5.73 Å². The molecule has 1 aliphatic rings. The van der Waals surface area contributed by atoms with Crippen molar-refractivity contribution in [1.29, 1.82) is 0 Å². The van der Waals surface area contributed by atoms with Crippen LogP contribution in [0.4, 0.5) is 4.39 Å². The molecule has 1 saturated carbocycles. The van der Waals surface area contributed by atoms with Crippen molar-refractivity contribution in [2.75, 3.05) is 0 Å². The van der Waals surface area contributed by atoms with E-state index < -0.39 is 0 Å². The molecule has 0 saturated heterocycles. The molecule has 0 spiro atoms. The van der Waals surface area contributed by atoms with Gasteiger partial charge in [0.1, 0.15) is 11.6 Å². The highest BCUT2D eigenvalue weighted by Gasteiger charge is 2.26. The first-order chi connectivity index (χ1) is 9.16. The van der Waals surface area contributed by atoms with Gasteiger partial charge in [0.2, 0.25) is 0 Å². The molecule has 0 radical (unpaired) electrons. The number of benzene rings is 1. The van der Waals surface area contributed by atoms with E-state index in [-0.39, 0.29) is 11.9 Å². The number of aromatic nitrogens is 2. The Kier molecular flexibility index (Phi) is 3.27. The fraction of sp³-hybridized carbons (Fsp3) is 0.533. The number of hydrogen-bond donors (Lipinski definition) is 1. The van der Waals surface area contributed by atoms with Crippen molar-refractivity contribution in [2.24, 2.45) is 12.8 Å². The van der Waals surface area contributed by atoms with Gasteiger partial charge in [0, 0.05) is 25.1 Å². The predicted octanol–water partition coefficient (Wildman–Crippen LogP) is 3.09. The Morgan fingerprint density at radius 3 is 2.89 bits per heavy atom. The van der Waals surface area contributed by atoms with Gasteiger partial charge in [-0.25, -0.2) is 9.37 Å². The Bertz CT molecular complexity index is 590. The van der Waals surface area contributed by atoms with Crippen LogP contribution in [0.1, 0.15) is 43.8 Å². The number of imidazole rings is 1. The van der Waals surface area contributed by atoms with Crippen molar-refractivity contribution in [1.82, 2.24) is 9.55 Å². The predicted molar refractivity (Wildman–Crippen MR) is 74.5 cm³/mol. The summed E-state index contributed by atoms with van der Waals surface area (Å²) in [6.07, 6.45) is 5.80. The molecule has 1 aromatic heterocycles. The largest absolute Gasteiger partial charge is 0.331 e. The molecular weight excluding hydrogens is 241 g/mol. The van der Waals surface area contributed by atoms with E-state index in [1.54, 1.807) is 6.07 Å². The maximum Gasteiger partial charge on any atom is 0.125 e. The second-order valence-electron chi connectivity index (χ2n) is 5.57. The van der Waals surface area contributed by atoms with Gasteiger partial charge in [0.15, 0.2) is 0 Å². The Labute approximate surface area is 112 Å². The molecule has 1 aromatic carbocycles. The lowest BCUT2D eigenvalue weighted by Gasteiger charge is -2.20. The summed E-state index contributed by atoms with van der Waals surface area (Å²) in [5.41, 5.74) is 8.01. The van der Waals surface area contributed by atoms with Crippen molar-refractivity contribution in [2.45, 2.75) is 44.1 Å². The van der Waals surface area contributed by atoms with Gasteiger partial charge in [-0.2, -0.15) is 0 Å². The molecule has 2 atom stereocenters. The number of halogens is 1. The van der Waals surface area contributed by atoms with E-state index in [1.807, 2.05) is 7.05 Å². The molecule has 0 bridgehead atoms. The smallest absolute Gasteiger partial charge is 0.125 e. The van der Waals surface area contributed by atoms with Crippen LogP contribution in [0.15, 0.2) is 18.2 Å². The average molecular weight is 261 g/mol. The number of rotatable bonds is 1. The molecule has 1 fully saturated rings. The number of fused-ring (bicyclic) bond motifs is 1. The SMILES string of the molecule is Cn1c(C2CCCCCC2N)nc2cc(F)ccc21. The number of nitrogens with zero attached hydrogens (tertiary/aromatic N) is 2. The monoisotopic (exact) mass is 261 g/mol. The molecule has 102 valence electrons. The third-order valence-electron chi connectivity index (χ3n) is 4.28. The van der Waals surface area contributed by atoms with Crippen LogP contribution < -0.4 is 5.73 Å². The van der Waals surface area contributed by atoms with Crippen molar-refractivity contribution in [3.8, 4) is 0 Å². The molecule has 3 rings (SSSR count). The van der Waals surface area contributed by atoms with Gasteiger partial charge in [-0.05, 0) is 25.0 Å². The molecule has 2 N–H and O–H groups in total. The van der Waals surface area contributed by atoms with Crippen molar-refractivity contribution >= 4 is 11.0 Å². The fourth-order valence-corrected chi connectivity index (χ4v) is 3.18. The molecule has 1 heterocycles. The molecule has 1 aliphatic carbocycles. The first-order valence-electron chi connectivity index (χ1n) is 7.04. The summed E-state index contributed by atoms with van der Waals surface area (Å²) < 4.78 is 15.4. The summed E-state index contributed by atoms with van der Waals surface area (Å²) in [7, 11) is 2.00. The van der Waals surface area contributed by atoms with Crippen LogP contribution in [0.2, 0.25) is 0 Å². The highest BCUT2D eigenvalue weighted by molar-refractivity contribution is 5.76. The second kappa shape index (κ2) is 4.93.